The van der Waals surface area contributed by atoms with Crippen LogP contribution >= 0.6 is 0 Å². The van der Waals surface area contributed by atoms with Gasteiger partial charge in [-0.2, -0.15) is 0 Å². The van der Waals surface area contributed by atoms with Gasteiger partial charge in [-0.3, -0.25) is 9.79 Å². The van der Waals surface area contributed by atoms with Gasteiger partial charge in [-0.15, -0.1) is 0 Å². The summed E-state index contributed by atoms with van der Waals surface area (Å²) in [6.45, 7) is 5.74. The SMILES string of the molecule is CC(C)CCN=CC(=CN)c1cccc(Oc2cc(CC(=O)O)cc(OCC3CC3)c2)c1. The van der Waals surface area contributed by atoms with Crippen LogP contribution in [-0.2, 0) is 11.2 Å². The van der Waals surface area contributed by atoms with E-state index >= 15 is 0 Å². The van der Waals surface area contributed by atoms with Crippen LogP contribution < -0.4 is 15.2 Å². The third-order valence-corrected chi connectivity index (χ3v) is 5.13. The number of ether oxygens (including phenoxy) is 2. The summed E-state index contributed by atoms with van der Waals surface area (Å²) in [6.07, 6.45) is 6.62. The molecule has 0 heterocycles. The van der Waals surface area contributed by atoms with Crippen LogP contribution in [0.3, 0.4) is 0 Å². The molecule has 0 saturated heterocycles. The third-order valence-electron chi connectivity index (χ3n) is 5.13. The molecule has 0 unspecified atom stereocenters. The average molecular weight is 437 g/mol. The lowest BCUT2D eigenvalue weighted by Gasteiger charge is -2.12. The first kappa shape index (κ1) is 23.4. The number of hydrogen-bond donors (Lipinski definition) is 2. The lowest BCUT2D eigenvalue weighted by atomic mass is 10.1. The lowest BCUT2D eigenvalue weighted by Crippen LogP contribution is -2.03. The van der Waals surface area contributed by atoms with Crippen LogP contribution in [0.4, 0.5) is 0 Å². The summed E-state index contributed by atoms with van der Waals surface area (Å²) in [5.74, 6) is 2.09. The fourth-order valence-corrected chi connectivity index (χ4v) is 3.13. The molecule has 1 aliphatic rings. The third kappa shape index (κ3) is 7.76. The van der Waals surface area contributed by atoms with Crippen LogP contribution in [0.5, 0.6) is 17.2 Å². The van der Waals surface area contributed by atoms with Crippen molar-refractivity contribution in [1.82, 2.24) is 0 Å². The molecule has 0 aromatic heterocycles. The van der Waals surface area contributed by atoms with Crippen molar-refractivity contribution in [3.8, 4) is 17.2 Å². The number of carboxylic acid groups (broad SMARTS) is 1. The topological polar surface area (TPSA) is 94.1 Å². The second-order valence-electron chi connectivity index (χ2n) is 8.61. The molecule has 0 aliphatic heterocycles. The summed E-state index contributed by atoms with van der Waals surface area (Å²) in [4.78, 5) is 15.7. The number of carboxylic acids is 1. The number of hydrogen-bond acceptors (Lipinski definition) is 5. The molecule has 3 rings (SSSR count). The maximum atomic E-state index is 11.2. The Morgan fingerprint density at radius 1 is 1.19 bits per heavy atom. The van der Waals surface area contributed by atoms with E-state index in [9.17, 15) is 9.90 Å². The molecule has 3 N–H and O–H groups in total. The molecule has 1 aliphatic carbocycles. The van der Waals surface area contributed by atoms with E-state index in [1.54, 1.807) is 24.4 Å². The van der Waals surface area contributed by atoms with Crippen LogP contribution in [0.25, 0.3) is 5.57 Å². The molecule has 6 nitrogen and oxygen atoms in total. The highest BCUT2D eigenvalue weighted by Crippen LogP contribution is 2.32. The molecule has 0 atom stereocenters. The lowest BCUT2D eigenvalue weighted by molar-refractivity contribution is -0.136. The van der Waals surface area contributed by atoms with E-state index in [1.165, 1.54) is 19.0 Å². The first-order chi connectivity index (χ1) is 15.4. The van der Waals surface area contributed by atoms with Crippen molar-refractivity contribution in [2.75, 3.05) is 13.2 Å². The number of benzene rings is 2. The maximum Gasteiger partial charge on any atom is 0.307 e. The molecular weight excluding hydrogens is 404 g/mol. The molecule has 0 radical (unpaired) electrons. The Hall–Kier alpha value is -3.28. The highest BCUT2D eigenvalue weighted by Gasteiger charge is 2.22. The van der Waals surface area contributed by atoms with Gasteiger partial charge < -0.3 is 20.3 Å². The van der Waals surface area contributed by atoms with E-state index in [0.29, 0.717) is 41.3 Å². The number of rotatable bonds is 12. The van der Waals surface area contributed by atoms with Gasteiger partial charge in [0.1, 0.15) is 17.2 Å². The molecule has 0 spiro atoms. The summed E-state index contributed by atoms with van der Waals surface area (Å²) in [5, 5.41) is 9.20. The molecule has 0 bridgehead atoms. The predicted molar refractivity (Wildman–Crippen MR) is 127 cm³/mol. The Labute approximate surface area is 189 Å². The highest BCUT2D eigenvalue weighted by atomic mass is 16.5. The first-order valence-electron chi connectivity index (χ1n) is 11.1. The van der Waals surface area contributed by atoms with E-state index in [0.717, 1.165) is 24.1 Å². The average Bonchev–Trinajstić information content (AvgIpc) is 3.56. The Kier molecular flexibility index (Phi) is 8.31. The minimum Gasteiger partial charge on any atom is -0.493 e. The number of allylic oxidation sites excluding steroid dienone is 1. The van der Waals surface area contributed by atoms with Gasteiger partial charge in [-0.25, -0.2) is 0 Å². The van der Waals surface area contributed by atoms with Crippen LogP contribution in [0, 0.1) is 11.8 Å². The molecule has 1 saturated carbocycles. The van der Waals surface area contributed by atoms with Crippen molar-refractivity contribution in [2.24, 2.45) is 22.6 Å². The number of nitrogens with two attached hydrogens (primary N) is 1. The quantitative estimate of drug-likeness (QED) is 0.440. The second-order valence-corrected chi connectivity index (χ2v) is 8.61. The summed E-state index contributed by atoms with van der Waals surface area (Å²) >= 11 is 0. The Morgan fingerprint density at radius 3 is 2.66 bits per heavy atom. The van der Waals surface area contributed by atoms with Crippen molar-refractivity contribution in [3.05, 3.63) is 59.8 Å². The van der Waals surface area contributed by atoms with Gasteiger partial charge in [0, 0.05) is 30.6 Å². The van der Waals surface area contributed by atoms with Gasteiger partial charge in [-0.1, -0.05) is 26.0 Å². The van der Waals surface area contributed by atoms with Crippen molar-refractivity contribution < 1.29 is 19.4 Å². The highest BCUT2D eigenvalue weighted by molar-refractivity contribution is 6.09. The Balaban J connectivity index is 1.75. The van der Waals surface area contributed by atoms with Gasteiger partial charge in [0.2, 0.25) is 0 Å². The number of nitrogens with zero attached hydrogens (tertiary/aromatic N) is 1. The zero-order valence-electron chi connectivity index (χ0n) is 18.8. The van der Waals surface area contributed by atoms with Gasteiger partial charge in [-0.05, 0) is 66.5 Å². The monoisotopic (exact) mass is 436 g/mol. The van der Waals surface area contributed by atoms with E-state index < -0.39 is 5.97 Å². The standard InChI is InChI=1S/C26H32N2O4/c1-18(2)8-9-28-16-22(15-27)21-4-3-5-23(13-21)32-25-11-20(12-26(29)30)10-24(14-25)31-17-19-6-7-19/h3-5,10-11,13-16,18-19H,6-9,12,17,27H2,1-2H3,(H,29,30). The van der Waals surface area contributed by atoms with Gasteiger partial charge in [0.15, 0.2) is 0 Å². The number of carbonyl (C=O) groups is 1. The minimum atomic E-state index is -0.897. The van der Waals surface area contributed by atoms with E-state index in [4.69, 9.17) is 15.2 Å². The normalized spacial score (nSPS) is 14.2. The predicted octanol–water partition coefficient (Wildman–Crippen LogP) is 5.31. The molecule has 0 amide bonds. The fraction of sp³-hybridized carbons (Fsp3) is 0.385. The second kappa shape index (κ2) is 11.4. The van der Waals surface area contributed by atoms with Gasteiger partial charge in [0.05, 0.1) is 13.0 Å². The van der Waals surface area contributed by atoms with Gasteiger partial charge >= 0.3 is 5.97 Å². The summed E-state index contributed by atoms with van der Waals surface area (Å²) in [6, 6.07) is 12.9. The van der Waals surface area contributed by atoms with E-state index in [1.807, 2.05) is 24.3 Å². The van der Waals surface area contributed by atoms with Crippen LogP contribution in [0.1, 0.15) is 44.2 Å². The molecule has 170 valence electrons. The van der Waals surface area contributed by atoms with Crippen molar-refractivity contribution in [2.45, 2.75) is 39.5 Å². The van der Waals surface area contributed by atoms with Crippen LogP contribution in [0.2, 0.25) is 0 Å². The molecule has 6 heteroatoms. The van der Waals surface area contributed by atoms with Gasteiger partial charge in [0.25, 0.3) is 0 Å². The maximum absolute atomic E-state index is 11.2. The molecule has 2 aromatic carbocycles. The minimum absolute atomic E-state index is 0.0933. The van der Waals surface area contributed by atoms with Crippen LogP contribution in [-0.4, -0.2) is 30.4 Å². The number of aliphatic carboxylic acids is 1. The zero-order valence-corrected chi connectivity index (χ0v) is 18.8. The van der Waals surface area contributed by atoms with Crippen molar-refractivity contribution in [1.29, 1.82) is 0 Å². The summed E-state index contributed by atoms with van der Waals surface area (Å²) in [5.41, 5.74) is 8.17. The molecule has 32 heavy (non-hydrogen) atoms. The summed E-state index contributed by atoms with van der Waals surface area (Å²) in [7, 11) is 0. The fourth-order valence-electron chi connectivity index (χ4n) is 3.13. The Bertz CT molecular complexity index is 978. The van der Waals surface area contributed by atoms with E-state index in [-0.39, 0.29) is 6.42 Å². The Morgan fingerprint density at radius 2 is 1.97 bits per heavy atom. The van der Waals surface area contributed by atoms with E-state index in [2.05, 4.69) is 18.8 Å². The number of aliphatic imine (C=N–C) groups is 1. The molecule has 2 aromatic rings. The largest absolute Gasteiger partial charge is 0.493 e. The summed E-state index contributed by atoms with van der Waals surface area (Å²) < 4.78 is 11.9. The van der Waals surface area contributed by atoms with Crippen molar-refractivity contribution in [3.63, 3.8) is 0 Å². The molecule has 1 fully saturated rings. The molecular formula is C26H32N2O4. The first-order valence-corrected chi connectivity index (χ1v) is 11.1. The van der Waals surface area contributed by atoms with Crippen molar-refractivity contribution >= 4 is 17.8 Å². The zero-order chi connectivity index (χ0) is 22.9. The van der Waals surface area contributed by atoms with Crippen LogP contribution in [0.15, 0.2) is 53.7 Å². The smallest absolute Gasteiger partial charge is 0.307 e.